The van der Waals surface area contributed by atoms with Gasteiger partial charge in [0.2, 0.25) is 0 Å². The van der Waals surface area contributed by atoms with E-state index in [1.807, 2.05) is 25.1 Å². The first-order valence-corrected chi connectivity index (χ1v) is 7.59. The molecule has 0 aromatic heterocycles. The van der Waals surface area contributed by atoms with Gasteiger partial charge < -0.3 is 9.64 Å². The number of esters is 1. The predicted octanol–water partition coefficient (Wildman–Crippen LogP) is 2.71. The van der Waals surface area contributed by atoms with Crippen molar-refractivity contribution in [2.75, 3.05) is 7.05 Å². The van der Waals surface area contributed by atoms with Crippen LogP contribution in [0.5, 0.6) is 0 Å². The zero-order valence-corrected chi connectivity index (χ0v) is 12.3. The van der Waals surface area contributed by atoms with Crippen LogP contribution in [0.25, 0.3) is 0 Å². The lowest BCUT2D eigenvalue weighted by molar-refractivity contribution is -0.151. The molecular formula is C17H23NO2. The van der Waals surface area contributed by atoms with Crippen LogP contribution in [0.3, 0.4) is 0 Å². The average molecular weight is 273 g/mol. The number of piperidine rings is 1. The van der Waals surface area contributed by atoms with Gasteiger partial charge in [-0.15, -0.1) is 0 Å². The Morgan fingerprint density at radius 1 is 1.30 bits per heavy atom. The van der Waals surface area contributed by atoms with Gasteiger partial charge in [0.05, 0.1) is 6.42 Å². The highest BCUT2D eigenvalue weighted by Gasteiger charge is 2.39. The van der Waals surface area contributed by atoms with Crippen LogP contribution in [0.2, 0.25) is 0 Å². The fourth-order valence-electron chi connectivity index (χ4n) is 3.67. The fourth-order valence-corrected chi connectivity index (χ4v) is 3.67. The highest BCUT2D eigenvalue weighted by Crippen LogP contribution is 2.35. The third-order valence-electron chi connectivity index (χ3n) is 4.78. The van der Waals surface area contributed by atoms with Crippen LogP contribution in [0, 0.1) is 6.92 Å². The number of carbonyl (C=O) groups is 1. The van der Waals surface area contributed by atoms with Gasteiger partial charge in [-0.05, 0) is 45.2 Å². The van der Waals surface area contributed by atoms with Crippen molar-refractivity contribution in [2.45, 2.75) is 57.2 Å². The van der Waals surface area contributed by atoms with Gasteiger partial charge in [0.1, 0.15) is 6.10 Å². The summed E-state index contributed by atoms with van der Waals surface area (Å²) < 4.78 is 5.70. The van der Waals surface area contributed by atoms with Crippen molar-refractivity contribution in [3.8, 4) is 0 Å². The molecule has 0 saturated carbocycles. The van der Waals surface area contributed by atoms with Crippen molar-refractivity contribution in [3.63, 3.8) is 0 Å². The molecule has 2 aliphatic heterocycles. The Morgan fingerprint density at radius 3 is 2.65 bits per heavy atom. The Morgan fingerprint density at radius 2 is 2.00 bits per heavy atom. The summed E-state index contributed by atoms with van der Waals surface area (Å²) >= 11 is 0. The number of hydrogen-bond donors (Lipinski definition) is 0. The van der Waals surface area contributed by atoms with Crippen molar-refractivity contribution in [1.29, 1.82) is 0 Å². The second kappa shape index (κ2) is 5.57. The van der Waals surface area contributed by atoms with E-state index in [-0.39, 0.29) is 12.1 Å². The van der Waals surface area contributed by atoms with Crippen molar-refractivity contribution in [1.82, 2.24) is 4.90 Å². The molecule has 2 fully saturated rings. The van der Waals surface area contributed by atoms with E-state index in [2.05, 4.69) is 18.0 Å². The second-order valence-corrected chi connectivity index (χ2v) is 6.30. The van der Waals surface area contributed by atoms with Crippen LogP contribution >= 0.6 is 0 Å². The number of hydrogen-bond acceptors (Lipinski definition) is 3. The summed E-state index contributed by atoms with van der Waals surface area (Å²) in [6.07, 6.45) is 5.05. The van der Waals surface area contributed by atoms with E-state index in [1.165, 1.54) is 18.4 Å². The van der Waals surface area contributed by atoms with Gasteiger partial charge >= 0.3 is 5.97 Å². The van der Waals surface area contributed by atoms with Gasteiger partial charge in [-0.25, -0.2) is 0 Å². The van der Waals surface area contributed by atoms with Crippen molar-refractivity contribution >= 4 is 5.97 Å². The molecule has 0 spiro atoms. The van der Waals surface area contributed by atoms with Crippen molar-refractivity contribution < 1.29 is 9.53 Å². The molecular weight excluding hydrogens is 250 g/mol. The average Bonchev–Trinajstić information content (AvgIpc) is 2.61. The molecule has 3 nitrogen and oxygen atoms in total. The molecule has 0 radical (unpaired) electrons. The second-order valence-electron chi connectivity index (χ2n) is 6.30. The Balaban J connectivity index is 1.55. The Hall–Kier alpha value is -1.35. The van der Waals surface area contributed by atoms with E-state index in [4.69, 9.17) is 4.74 Å². The summed E-state index contributed by atoms with van der Waals surface area (Å²) in [5.41, 5.74) is 2.23. The van der Waals surface area contributed by atoms with Gasteiger partial charge in [0, 0.05) is 12.1 Å². The lowest BCUT2D eigenvalue weighted by Gasteiger charge is -2.35. The number of rotatable bonds is 3. The van der Waals surface area contributed by atoms with E-state index in [1.54, 1.807) is 0 Å². The predicted molar refractivity (Wildman–Crippen MR) is 78.6 cm³/mol. The molecule has 1 unspecified atom stereocenters. The zero-order chi connectivity index (χ0) is 14.1. The molecule has 0 aliphatic carbocycles. The third-order valence-corrected chi connectivity index (χ3v) is 4.78. The van der Waals surface area contributed by atoms with Crippen LogP contribution in [-0.4, -0.2) is 36.1 Å². The molecule has 3 heteroatoms. The molecule has 2 bridgehead atoms. The molecule has 0 amide bonds. The Bertz CT molecular complexity index is 486. The van der Waals surface area contributed by atoms with Crippen LogP contribution in [0.15, 0.2) is 24.3 Å². The maximum absolute atomic E-state index is 12.1. The smallest absolute Gasteiger partial charge is 0.310 e. The maximum Gasteiger partial charge on any atom is 0.310 e. The van der Waals surface area contributed by atoms with E-state index < -0.39 is 0 Å². The van der Waals surface area contributed by atoms with Gasteiger partial charge in [0.15, 0.2) is 0 Å². The first-order valence-electron chi connectivity index (χ1n) is 7.59. The summed E-state index contributed by atoms with van der Waals surface area (Å²) in [7, 11) is 2.20. The number of fused-ring (bicyclic) bond motifs is 2. The van der Waals surface area contributed by atoms with Crippen LogP contribution in [-0.2, 0) is 16.0 Å². The highest BCUT2D eigenvalue weighted by molar-refractivity contribution is 5.72. The van der Waals surface area contributed by atoms with Crippen LogP contribution < -0.4 is 0 Å². The van der Waals surface area contributed by atoms with E-state index >= 15 is 0 Å². The molecule has 20 heavy (non-hydrogen) atoms. The van der Waals surface area contributed by atoms with Crippen molar-refractivity contribution in [3.05, 3.63) is 35.4 Å². The summed E-state index contributed by atoms with van der Waals surface area (Å²) in [4.78, 5) is 14.5. The first kappa shape index (κ1) is 13.6. The number of benzene rings is 1. The molecule has 2 aliphatic rings. The maximum atomic E-state index is 12.1. The molecule has 0 N–H and O–H groups in total. The SMILES string of the molecule is Cc1cccc(CC(=O)OC2C[C@H]3CC[C@@H](C2)N3C)c1. The number of aryl methyl sites for hydroxylation is 1. The molecule has 2 saturated heterocycles. The van der Waals surface area contributed by atoms with E-state index in [9.17, 15) is 4.79 Å². The standard InChI is InChI=1S/C17H23NO2/c1-12-4-3-5-13(8-12)9-17(19)20-16-10-14-6-7-15(11-16)18(14)2/h3-5,8,14-16H,6-7,9-11H2,1-2H3/t14-,15+,16?. The highest BCUT2D eigenvalue weighted by atomic mass is 16.5. The molecule has 1 aromatic rings. The Labute approximate surface area is 120 Å². The number of carbonyl (C=O) groups excluding carboxylic acids is 1. The Kier molecular flexibility index (Phi) is 3.79. The molecule has 108 valence electrons. The fraction of sp³-hybridized carbons (Fsp3) is 0.588. The summed E-state index contributed by atoms with van der Waals surface area (Å²) in [6, 6.07) is 9.32. The van der Waals surface area contributed by atoms with Crippen molar-refractivity contribution in [2.24, 2.45) is 0 Å². The lowest BCUT2D eigenvalue weighted by atomic mass is 10.0. The topological polar surface area (TPSA) is 29.5 Å². The molecule has 2 heterocycles. The van der Waals surface area contributed by atoms with Gasteiger partial charge in [-0.1, -0.05) is 29.8 Å². The zero-order valence-electron chi connectivity index (χ0n) is 12.3. The minimum absolute atomic E-state index is 0.0791. The lowest BCUT2D eigenvalue weighted by Crippen LogP contribution is -2.43. The number of ether oxygens (including phenoxy) is 1. The third kappa shape index (κ3) is 2.88. The minimum Gasteiger partial charge on any atom is -0.462 e. The summed E-state index contributed by atoms with van der Waals surface area (Å²) in [5, 5.41) is 0. The van der Waals surface area contributed by atoms with Crippen LogP contribution in [0.1, 0.15) is 36.8 Å². The monoisotopic (exact) mass is 273 g/mol. The molecule has 3 rings (SSSR count). The van der Waals surface area contributed by atoms with Gasteiger partial charge in [0.25, 0.3) is 0 Å². The summed E-state index contributed by atoms with van der Waals surface area (Å²) in [6.45, 7) is 2.05. The van der Waals surface area contributed by atoms with Gasteiger partial charge in [-0.3, -0.25) is 4.79 Å². The van der Waals surface area contributed by atoms with E-state index in [0.717, 1.165) is 18.4 Å². The number of nitrogens with zero attached hydrogens (tertiary/aromatic N) is 1. The normalized spacial score (nSPS) is 29.4. The van der Waals surface area contributed by atoms with E-state index in [0.29, 0.717) is 18.5 Å². The minimum atomic E-state index is -0.0791. The molecule has 1 aromatic carbocycles. The van der Waals surface area contributed by atoms with Crippen LogP contribution in [0.4, 0.5) is 0 Å². The first-order chi connectivity index (χ1) is 9.61. The van der Waals surface area contributed by atoms with Gasteiger partial charge in [-0.2, -0.15) is 0 Å². The summed E-state index contributed by atoms with van der Waals surface area (Å²) in [5.74, 6) is -0.0791. The largest absolute Gasteiger partial charge is 0.462 e. The molecule has 3 atom stereocenters. The quantitative estimate of drug-likeness (QED) is 0.793.